The number of aliphatic carboxylic acids is 1. The number of nitrogens with one attached hydrogen (secondary N) is 1. The van der Waals surface area contributed by atoms with Crippen molar-refractivity contribution in [3.05, 3.63) is 0 Å². The Morgan fingerprint density at radius 1 is 0.615 bits per heavy atom. The third kappa shape index (κ3) is 11.2. The van der Waals surface area contributed by atoms with Gasteiger partial charge in [0, 0.05) is 13.3 Å². The van der Waals surface area contributed by atoms with Gasteiger partial charge in [0.15, 0.2) is 25.2 Å². The molecule has 1 amide bonds. The first-order valence-corrected chi connectivity index (χ1v) is 20.2. The molecule has 30 heteroatoms. The van der Waals surface area contributed by atoms with Crippen LogP contribution in [0, 0.1) is 0 Å². The molecule has 26 atom stereocenters. The summed E-state index contributed by atoms with van der Waals surface area (Å²) in [6.07, 6.45) is -49.5. The van der Waals surface area contributed by atoms with Crippen LogP contribution >= 0.6 is 0 Å². The number of rotatable bonds is 18. The molecule has 0 aromatic carbocycles. The summed E-state index contributed by atoms with van der Waals surface area (Å²) in [7, 11) is 0. The highest BCUT2D eigenvalue weighted by atomic mass is 16.8. The van der Waals surface area contributed by atoms with Crippen molar-refractivity contribution < 1.29 is 144 Å². The zero-order valence-corrected chi connectivity index (χ0v) is 34.2. The Morgan fingerprint density at radius 3 is 1.72 bits per heavy atom. The van der Waals surface area contributed by atoms with E-state index >= 15 is 0 Å². The molecule has 5 aliphatic rings. The number of ether oxygens (including phenoxy) is 9. The average Bonchev–Trinajstić information content (AvgIpc) is 3.56. The van der Waals surface area contributed by atoms with Crippen LogP contribution in [0.5, 0.6) is 0 Å². The van der Waals surface area contributed by atoms with E-state index in [0.717, 1.165) is 6.92 Å². The van der Waals surface area contributed by atoms with E-state index in [1.54, 1.807) is 0 Å². The second-order valence-electron chi connectivity index (χ2n) is 16.1. The van der Waals surface area contributed by atoms with Gasteiger partial charge in [-0.05, 0) is 0 Å². The predicted octanol–water partition coefficient (Wildman–Crippen LogP) is -12.6. The van der Waals surface area contributed by atoms with Gasteiger partial charge in [-0.1, -0.05) is 0 Å². The van der Waals surface area contributed by atoms with E-state index in [4.69, 9.17) is 42.6 Å². The molecular weight excluding hydrogens is 898 g/mol. The van der Waals surface area contributed by atoms with E-state index in [1.165, 1.54) is 0 Å². The summed E-state index contributed by atoms with van der Waals surface area (Å²) < 4.78 is 50.1. The molecule has 0 aromatic rings. The fourth-order valence-electron chi connectivity index (χ4n) is 8.14. The third-order valence-corrected chi connectivity index (χ3v) is 11.7. The number of aliphatic hydroxyl groups excluding tert-OH is 17. The van der Waals surface area contributed by atoms with E-state index in [2.05, 4.69) is 5.32 Å². The highest BCUT2D eigenvalue weighted by Crippen LogP contribution is 2.41. The fraction of sp³-hybridized carbons (Fsp3) is 0.943. The van der Waals surface area contributed by atoms with Crippen LogP contribution in [0.25, 0.3) is 0 Å². The molecule has 5 fully saturated rings. The highest BCUT2D eigenvalue weighted by Gasteiger charge is 2.62. The van der Waals surface area contributed by atoms with Crippen LogP contribution in [0.2, 0.25) is 0 Å². The largest absolute Gasteiger partial charge is 0.477 e. The third-order valence-electron chi connectivity index (χ3n) is 11.7. The van der Waals surface area contributed by atoms with E-state index in [1.807, 2.05) is 0 Å². The molecule has 0 radical (unpaired) electrons. The van der Waals surface area contributed by atoms with Gasteiger partial charge in [-0.2, -0.15) is 0 Å². The zero-order chi connectivity index (χ0) is 48.4. The Hall–Kier alpha value is -2.10. The number of carbonyl (C=O) groups is 2. The van der Waals surface area contributed by atoms with Gasteiger partial charge in [-0.3, -0.25) is 4.79 Å². The van der Waals surface area contributed by atoms with Gasteiger partial charge in [0.25, 0.3) is 5.79 Å². The summed E-state index contributed by atoms with van der Waals surface area (Å²) in [5, 5.41) is 191. The molecule has 30 nitrogen and oxygen atoms in total. The van der Waals surface area contributed by atoms with E-state index in [9.17, 15) is 102 Å². The minimum Gasteiger partial charge on any atom is -0.477 e. The van der Waals surface area contributed by atoms with Crippen LogP contribution in [0.15, 0.2) is 0 Å². The Kier molecular flexibility index (Phi) is 18.7. The lowest BCUT2D eigenvalue weighted by Gasteiger charge is -2.52. The summed E-state index contributed by atoms with van der Waals surface area (Å²) in [5.74, 6) is -6.34. The van der Waals surface area contributed by atoms with Gasteiger partial charge in [0.2, 0.25) is 5.91 Å². The number of carbonyl (C=O) groups excluding carboxylic acids is 1. The lowest BCUT2D eigenvalue weighted by Crippen LogP contribution is -2.72. The number of carboxylic acids is 1. The van der Waals surface area contributed by atoms with Crippen LogP contribution in [-0.2, 0) is 52.2 Å². The van der Waals surface area contributed by atoms with Gasteiger partial charge < -0.3 is 140 Å². The van der Waals surface area contributed by atoms with Crippen molar-refractivity contribution in [3.63, 3.8) is 0 Å². The molecule has 0 bridgehead atoms. The van der Waals surface area contributed by atoms with Gasteiger partial charge in [0.1, 0.15) is 116 Å². The molecule has 5 saturated heterocycles. The lowest BCUT2D eigenvalue weighted by atomic mass is 9.87. The van der Waals surface area contributed by atoms with Crippen molar-refractivity contribution >= 4 is 11.9 Å². The molecular formula is C35H59NO29. The Labute approximate surface area is 366 Å². The monoisotopic (exact) mass is 957 g/mol. The first kappa shape index (κ1) is 53.8. The number of carboxylic acid groups (broad SMARTS) is 1. The van der Waals surface area contributed by atoms with Crippen molar-refractivity contribution in [1.82, 2.24) is 5.32 Å². The van der Waals surface area contributed by atoms with Crippen molar-refractivity contribution in [2.24, 2.45) is 0 Å². The summed E-state index contributed by atoms with van der Waals surface area (Å²) in [5.41, 5.74) is 0. The highest BCUT2D eigenvalue weighted by molar-refractivity contribution is 5.76. The molecule has 0 spiro atoms. The van der Waals surface area contributed by atoms with Crippen LogP contribution in [-0.4, -0.2) is 296 Å². The van der Waals surface area contributed by atoms with Crippen molar-refractivity contribution in [1.29, 1.82) is 0 Å². The topological polar surface area (TPSA) is 493 Å². The molecule has 0 aliphatic carbocycles. The molecule has 5 rings (SSSR count). The summed E-state index contributed by atoms with van der Waals surface area (Å²) in [6.45, 7) is -4.35. The Balaban J connectivity index is 1.48. The van der Waals surface area contributed by atoms with E-state index in [0.29, 0.717) is 0 Å². The Bertz CT molecular complexity index is 1530. The molecule has 0 unspecified atom stereocenters. The van der Waals surface area contributed by atoms with Crippen molar-refractivity contribution in [3.8, 4) is 0 Å². The van der Waals surface area contributed by atoms with Crippen LogP contribution in [0.4, 0.5) is 0 Å². The number of hydrogen-bond donors (Lipinski definition) is 19. The first-order valence-electron chi connectivity index (χ1n) is 20.2. The van der Waals surface area contributed by atoms with Gasteiger partial charge in [0.05, 0.1) is 45.2 Å². The first-order chi connectivity index (χ1) is 30.6. The number of hydrogen-bond acceptors (Lipinski definition) is 28. The maximum atomic E-state index is 13.4. The molecule has 19 N–H and O–H groups in total. The maximum absolute atomic E-state index is 13.4. The van der Waals surface area contributed by atoms with Gasteiger partial charge >= 0.3 is 5.97 Å². The molecule has 5 aliphatic heterocycles. The molecule has 0 saturated carbocycles. The van der Waals surface area contributed by atoms with Crippen LogP contribution in [0.1, 0.15) is 13.3 Å². The minimum absolute atomic E-state index is 0.920. The zero-order valence-electron chi connectivity index (χ0n) is 34.2. The molecule has 5 heterocycles. The minimum atomic E-state index is -3.29. The van der Waals surface area contributed by atoms with Crippen molar-refractivity contribution in [2.45, 2.75) is 172 Å². The summed E-state index contributed by atoms with van der Waals surface area (Å²) >= 11 is 0. The molecule has 0 aromatic heterocycles. The van der Waals surface area contributed by atoms with Gasteiger partial charge in [-0.25, -0.2) is 4.79 Å². The Morgan fingerprint density at radius 2 is 1.15 bits per heavy atom. The van der Waals surface area contributed by atoms with E-state index < -0.39 is 210 Å². The van der Waals surface area contributed by atoms with Crippen LogP contribution < -0.4 is 5.32 Å². The average molecular weight is 958 g/mol. The fourth-order valence-corrected chi connectivity index (χ4v) is 8.14. The van der Waals surface area contributed by atoms with E-state index in [-0.39, 0.29) is 0 Å². The second-order valence-corrected chi connectivity index (χ2v) is 16.1. The quantitative estimate of drug-likeness (QED) is 0.0606. The predicted molar refractivity (Wildman–Crippen MR) is 195 cm³/mol. The van der Waals surface area contributed by atoms with Crippen molar-refractivity contribution in [2.75, 3.05) is 33.0 Å². The summed E-state index contributed by atoms with van der Waals surface area (Å²) in [6, 6.07) is -1.83. The normalized spacial score (nSPS) is 47.5. The molecule has 65 heavy (non-hydrogen) atoms. The number of amides is 1. The second kappa shape index (κ2) is 22.5. The molecule has 378 valence electrons. The smallest absolute Gasteiger partial charge is 0.364 e. The van der Waals surface area contributed by atoms with Crippen LogP contribution in [0.3, 0.4) is 0 Å². The lowest BCUT2D eigenvalue weighted by molar-refractivity contribution is -0.391. The maximum Gasteiger partial charge on any atom is 0.364 e. The van der Waals surface area contributed by atoms with Gasteiger partial charge in [-0.15, -0.1) is 0 Å². The number of aliphatic hydroxyl groups is 17. The SMILES string of the molecule is CC(=O)N[C@H]1[C@H]([C@H](O)[C@H](O)CO)O[C@@](O[C@@H]2[C@H](O)[C@@H](O)[C@H](O[C@H]3[C@H](O)[C@@H](O)[C@H](O)O[C@@H]3CO)O[C@@H]2CO)(C(=O)O)C[C@@H]1O[C@H]1O[C@H](CO)[C@H](O)[C@H](O[C@@H]2O[C@@H]([C@H](O)CO)[C@H](O)[C@H]2O)[C@H]1O. The standard InChI is InChI=1S/C35H59NO29/c1-8(42)36-15-11(58-33-24(53)29(17(46)12(5-39)59-33)63-32-22(51)19(48)25(61-32)10(44)4-38)2-35(34(55)56,65-28(15)16(45)9(43)3-37)64-27-14(7-41)60-31(23(52)20(27)49)62-26-13(6-40)57-30(54)21(50)18(26)47/h9-33,37-41,43-54H,2-7H2,1H3,(H,36,42)(H,55,56)/t9-,10-,11+,12-,13-,14-,15-,16-,17+,18-,19-,20-,21-,22-,23-,24-,25+,26-,27+,28-,29+,30-,31+,32+,33+,35-/m1/s1. The summed E-state index contributed by atoms with van der Waals surface area (Å²) in [4.78, 5) is 26.0.